The van der Waals surface area contributed by atoms with Crippen molar-refractivity contribution in [3.8, 4) is 0 Å². The van der Waals surface area contributed by atoms with Crippen LogP contribution in [-0.4, -0.2) is 28.3 Å². The van der Waals surface area contributed by atoms with Crippen molar-refractivity contribution in [2.45, 2.75) is 45.2 Å². The molecular formula is C13H22N4O. The summed E-state index contributed by atoms with van der Waals surface area (Å²) >= 11 is 0. The first-order valence-electron chi connectivity index (χ1n) is 6.63. The number of nitrogens with zero attached hydrogens (tertiary/aromatic N) is 2. The summed E-state index contributed by atoms with van der Waals surface area (Å²) in [5, 5.41) is 7.71. The van der Waals surface area contributed by atoms with E-state index in [9.17, 15) is 4.79 Å². The fraction of sp³-hybridized carbons (Fsp3) is 0.692. The smallest absolute Gasteiger partial charge is 0.234 e. The number of aromatic nitrogens is 2. The predicted molar refractivity (Wildman–Crippen MR) is 70.0 cm³/mol. The van der Waals surface area contributed by atoms with E-state index in [4.69, 9.17) is 5.73 Å². The number of piperidine rings is 1. The Bertz CT molecular complexity index is 413. The highest BCUT2D eigenvalue weighted by molar-refractivity contribution is 5.79. The van der Waals surface area contributed by atoms with Crippen molar-refractivity contribution >= 4 is 5.91 Å². The first kappa shape index (κ1) is 13.1. The number of carbonyl (C=O) groups is 1. The van der Waals surface area contributed by atoms with Gasteiger partial charge in [-0.1, -0.05) is 0 Å². The maximum atomic E-state index is 11.2. The molecule has 0 radical (unpaired) electrons. The summed E-state index contributed by atoms with van der Waals surface area (Å²) < 4.78 is 1.97. The molecule has 1 fully saturated rings. The first-order valence-corrected chi connectivity index (χ1v) is 6.63. The molecule has 2 heterocycles. The third kappa shape index (κ3) is 3.10. The number of hydrogen-bond acceptors (Lipinski definition) is 3. The second-order valence-electron chi connectivity index (χ2n) is 5.38. The van der Waals surface area contributed by atoms with Crippen molar-refractivity contribution in [1.29, 1.82) is 0 Å². The lowest BCUT2D eigenvalue weighted by atomic mass is 9.88. The van der Waals surface area contributed by atoms with Gasteiger partial charge in [-0.2, -0.15) is 5.10 Å². The highest BCUT2D eigenvalue weighted by atomic mass is 16.1. The number of rotatable bonds is 4. The molecule has 0 aromatic carbocycles. The van der Waals surface area contributed by atoms with E-state index in [0.29, 0.717) is 12.0 Å². The number of carbonyl (C=O) groups excluding carboxylic acids is 1. The summed E-state index contributed by atoms with van der Waals surface area (Å²) in [6.07, 6.45) is 4.86. The van der Waals surface area contributed by atoms with E-state index in [0.717, 1.165) is 31.5 Å². The third-order valence-electron chi connectivity index (χ3n) is 3.55. The van der Waals surface area contributed by atoms with Crippen LogP contribution in [0.1, 0.15) is 38.4 Å². The molecule has 5 heteroatoms. The van der Waals surface area contributed by atoms with Gasteiger partial charge in [-0.3, -0.25) is 9.48 Å². The molecule has 0 spiro atoms. The van der Waals surface area contributed by atoms with Crippen LogP contribution < -0.4 is 11.1 Å². The normalized spacial score (nSPS) is 24.4. The molecule has 1 saturated heterocycles. The quantitative estimate of drug-likeness (QED) is 0.832. The maximum absolute atomic E-state index is 11.2. The molecule has 2 atom stereocenters. The second kappa shape index (κ2) is 5.52. The van der Waals surface area contributed by atoms with Gasteiger partial charge in [-0.15, -0.1) is 0 Å². The molecule has 1 aromatic heterocycles. The predicted octanol–water partition coefficient (Wildman–Crippen LogP) is 0.860. The molecule has 2 rings (SSSR count). The molecule has 18 heavy (non-hydrogen) atoms. The lowest BCUT2D eigenvalue weighted by molar-refractivity contribution is -0.120. The minimum Gasteiger partial charge on any atom is -0.368 e. The standard InChI is InChI=1S/C13H22N4O/c1-9(2)17-6-4-11(16-17)7-10-3-5-15-12(8-10)13(14)18/h4,6,9-10,12,15H,3,5,7-8H2,1-2H3,(H2,14,18). The van der Waals surface area contributed by atoms with E-state index in [1.54, 1.807) is 0 Å². The molecule has 1 aliphatic heterocycles. The fourth-order valence-electron chi connectivity index (χ4n) is 2.47. The molecule has 0 saturated carbocycles. The van der Waals surface area contributed by atoms with E-state index in [2.05, 4.69) is 30.3 Å². The number of nitrogens with two attached hydrogens (primary N) is 1. The number of nitrogens with one attached hydrogen (secondary N) is 1. The zero-order chi connectivity index (χ0) is 13.1. The molecule has 5 nitrogen and oxygen atoms in total. The lowest BCUT2D eigenvalue weighted by Crippen LogP contribution is -2.47. The molecule has 0 aliphatic carbocycles. The van der Waals surface area contributed by atoms with E-state index in [-0.39, 0.29) is 11.9 Å². The van der Waals surface area contributed by atoms with Crippen LogP contribution in [-0.2, 0) is 11.2 Å². The van der Waals surface area contributed by atoms with Crippen LogP contribution in [0.4, 0.5) is 0 Å². The van der Waals surface area contributed by atoms with Crippen LogP contribution in [0.3, 0.4) is 0 Å². The summed E-state index contributed by atoms with van der Waals surface area (Å²) in [6, 6.07) is 2.29. The van der Waals surface area contributed by atoms with Crippen LogP contribution in [0, 0.1) is 5.92 Å². The largest absolute Gasteiger partial charge is 0.368 e. The van der Waals surface area contributed by atoms with Gasteiger partial charge in [0, 0.05) is 12.2 Å². The maximum Gasteiger partial charge on any atom is 0.234 e. The lowest BCUT2D eigenvalue weighted by Gasteiger charge is -2.27. The fourth-order valence-corrected chi connectivity index (χ4v) is 2.47. The molecule has 100 valence electrons. The summed E-state index contributed by atoms with van der Waals surface area (Å²) in [6.45, 7) is 5.10. The minimum atomic E-state index is -0.243. The van der Waals surface area contributed by atoms with Crippen LogP contribution in [0.2, 0.25) is 0 Å². The molecule has 1 aliphatic rings. The Kier molecular flexibility index (Phi) is 4.01. The van der Waals surface area contributed by atoms with Gasteiger partial charge in [0.05, 0.1) is 11.7 Å². The Morgan fingerprint density at radius 1 is 1.67 bits per heavy atom. The topological polar surface area (TPSA) is 72.9 Å². The Morgan fingerprint density at radius 3 is 3.06 bits per heavy atom. The average molecular weight is 250 g/mol. The van der Waals surface area contributed by atoms with Gasteiger partial charge in [0.2, 0.25) is 5.91 Å². The van der Waals surface area contributed by atoms with Gasteiger partial charge in [0.25, 0.3) is 0 Å². The Morgan fingerprint density at radius 2 is 2.44 bits per heavy atom. The van der Waals surface area contributed by atoms with Gasteiger partial charge in [0.15, 0.2) is 0 Å². The average Bonchev–Trinajstić information content (AvgIpc) is 2.78. The molecule has 3 N–H and O–H groups in total. The van der Waals surface area contributed by atoms with Gasteiger partial charge in [0.1, 0.15) is 0 Å². The van der Waals surface area contributed by atoms with E-state index < -0.39 is 0 Å². The first-order chi connectivity index (χ1) is 8.56. The summed E-state index contributed by atoms with van der Waals surface area (Å²) in [7, 11) is 0. The Hall–Kier alpha value is -1.36. The van der Waals surface area contributed by atoms with Crippen molar-refractivity contribution < 1.29 is 4.79 Å². The summed E-state index contributed by atoms with van der Waals surface area (Å²) in [5.41, 5.74) is 6.46. The highest BCUT2D eigenvalue weighted by Crippen LogP contribution is 2.20. The van der Waals surface area contributed by atoms with Crippen molar-refractivity contribution in [2.75, 3.05) is 6.54 Å². The number of hydrogen-bond donors (Lipinski definition) is 2. The minimum absolute atomic E-state index is 0.170. The monoisotopic (exact) mass is 250 g/mol. The molecule has 1 aromatic rings. The van der Waals surface area contributed by atoms with Crippen LogP contribution in [0.25, 0.3) is 0 Å². The van der Waals surface area contributed by atoms with Crippen LogP contribution >= 0.6 is 0 Å². The van der Waals surface area contributed by atoms with Gasteiger partial charge in [-0.05, 0) is 51.6 Å². The van der Waals surface area contributed by atoms with Crippen LogP contribution in [0.5, 0.6) is 0 Å². The Balaban J connectivity index is 1.94. The van der Waals surface area contributed by atoms with Crippen LogP contribution in [0.15, 0.2) is 12.3 Å². The number of amides is 1. The van der Waals surface area contributed by atoms with Crippen molar-refractivity contribution in [3.63, 3.8) is 0 Å². The van der Waals surface area contributed by atoms with Crippen molar-refractivity contribution in [3.05, 3.63) is 18.0 Å². The van der Waals surface area contributed by atoms with Crippen molar-refractivity contribution in [2.24, 2.45) is 11.7 Å². The van der Waals surface area contributed by atoms with Gasteiger partial charge in [-0.25, -0.2) is 0 Å². The SMILES string of the molecule is CC(C)n1ccc(CC2CCNC(C(N)=O)C2)n1. The molecule has 2 unspecified atom stereocenters. The van der Waals surface area contributed by atoms with Gasteiger partial charge < -0.3 is 11.1 Å². The number of primary amides is 1. The Labute approximate surface area is 108 Å². The molecule has 0 bridgehead atoms. The van der Waals surface area contributed by atoms with Crippen molar-refractivity contribution in [1.82, 2.24) is 15.1 Å². The highest BCUT2D eigenvalue weighted by Gasteiger charge is 2.25. The zero-order valence-electron chi connectivity index (χ0n) is 11.1. The second-order valence-corrected chi connectivity index (χ2v) is 5.38. The summed E-state index contributed by atoms with van der Waals surface area (Å²) in [4.78, 5) is 11.2. The van der Waals surface area contributed by atoms with E-state index >= 15 is 0 Å². The summed E-state index contributed by atoms with van der Waals surface area (Å²) in [5.74, 6) is 0.256. The van der Waals surface area contributed by atoms with E-state index in [1.807, 2.05) is 10.9 Å². The third-order valence-corrected chi connectivity index (χ3v) is 3.55. The molecular weight excluding hydrogens is 228 g/mol. The van der Waals surface area contributed by atoms with E-state index in [1.165, 1.54) is 0 Å². The van der Waals surface area contributed by atoms with Gasteiger partial charge >= 0.3 is 0 Å². The zero-order valence-corrected chi connectivity index (χ0v) is 11.1. The molecule has 1 amide bonds.